The third kappa shape index (κ3) is 3.42. The Bertz CT molecular complexity index is 616. The van der Waals surface area contributed by atoms with E-state index in [-0.39, 0.29) is 21.9 Å². The van der Waals surface area contributed by atoms with Gasteiger partial charge in [0, 0.05) is 16.5 Å². The van der Waals surface area contributed by atoms with Gasteiger partial charge in [-0.3, -0.25) is 4.79 Å². The first-order valence-corrected chi connectivity index (χ1v) is 9.32. The summed E-state index contributed by atoms with van der Waals surface area (Å²) in [6, 6.07) is 18.3. The minimum absolute atomic E-state index is 0.103. The van der Waals surface area contributed by atoms with Gasteiger partial charge < -0.3 is 4.74 Å². The van der Waals surface area contributed by atoms with E-state index < -0.39 is 0 Å². The molecule has 3 heteroatoms. The number of ether oxygens (including phenoxy) is 1. The number of ketones is 1. The number of carbonyl (C=O) groups excluding carboxylic acids is 1. The van der Waals surface area contributed by atoms with Crippen molar-refractivity contribution >= 4 is 16.7 Å². The van der Waals surface area contributed by atoms with Crippen LogP contribution in [-0.2, 0) is 15.6 Å². The number of rotatable bonds is 4. The quantitative estimate of drug-likeness (QED) is 0.637. The summed E-state index contributed by atoms with van der Waals surface area (Å²) in [5.41, 5.74) is 3.16. The minimum atomic E-state index is 0.103. The van der Waals surface area contributed by atoms with Gasteiger partial charge in [-0.1, -0.05) is 54.6 Å². The number of benzene rings is 2. The van der Waals surface area contributed by atoms with E-state index in [2.05, 4.69) is 19.1 Å². The summed E-state index contributed by atoms with van der Waals surface area (Å²) in [7, 11) is 0.164. The molecule has 0 saturated carbocycles. The van der Waals surface area contributed by atoms with Crippen LogP contribution in [0, 0.1) is 0 Å². The fourth-order valence-corrected chi connectivity index (χ4v) is 4.75. The molecule has 1 saturated heterocycles. The summed E-state index contributed by atoms with van der Waals surface area (Å²) in [5.74, 6) is 2.31. The molecule has 1 atom stereocenters. The Balaban J connectivity index is 1.73. The molecule has 1 aliphatic rings. The van der Waals surface area contributed by atoms with Crippen LogP contribution in [0.1, 0.15) is 17.3 Å². The lowest BCUT2D eigenvalue weighted by molar-refractivity contribution is 0.0991. The fourth-order valence-electron chi connectivity index (χ4n) is 2.73. The number of Topliss-reactive ketones (excluding diaryl/α,β-unsaturated/α-hetero) is 1. The largest absolute Gasteiger partial charge is 0.372 e. The summed E-state index contributed by atoms with van der Waals surface area (Å²) in [6.07, 6.45) is 0. The highest BCUT2D eigenvalue weighted by Gasteiger charge is 2.34. The maximum atomic E-state index is 12.7. The number of carbonyl (C=O) groups is 1. The van der Waals surface area contributed by atoms with Gasteiger partial charge in [0.25, 0.3) is 0 Å². The molecule has 1 unspecified atom stereocenters. The van der Waals surface area contributed by atoms with Crippen LogP contribution in [0.3, 0.4) is 0 Å². The third-order valence-corrected chi connectivity index (χ3v) is 6.72. The predicted octanol–water partition coefficient (Wildman–Crippen LogP) is 3.57. The lowest BCUT2D eigenvalue weighted by atomic mass is 10.0. The molecule has 1 fully saturated rings. The van der Waals surface area contributed by atoms with Gasteiger partial charge in [0.2, 0.25) is 5.78 Å². The van der Waals surface area contributed by atoms with Crippen molar-refractivity contribution in [1.82, 2.24) is 0 Å². The Morgan fingerprint density at radius 1 is 0.955 bits per heavy atom. The van der Waals surface area contributed by atoms with Gasteiger partial charge in [-0.25, -0.2) is 0 Å². The lowest BCUT2D eigenvalue weighted by Gasteiger charge is -2.19. The van der Waals surface area contributed by atoms with Crippen molar-refractivity contribution in [3.63, 3.8) is 0 Å². The van der Waals surface area contributed by atoms with Crippen LogP contribution in [0.5, 0.6) is 0 Å². The molecule has 0 spiro atoms. The Labute approximate surface area is 134 Å². The minimum Gasteiger partial charge on any atom is -0.372 e. The molecule has 2 aromatic rings. The first kappa shape index (κ1) is 15.3. The molecular weight excluding hydrogens is 292 g/mol. The van der Waals surface area contributed by atoms with E-state index in [0.29, 0.717) is 0 Å². The van der Waals surface area contributed by atoms with Crippen LogP contribution in [0.2, 0.25) is 0 Å². The van der Waals surface area contributed by atoms with E-state index in [1.165, 1.54) is 5.56 Å². The Hall–Kier alpha value is -1.58. The highest BCUT2D eigenvalue weighted by Crippen LogP contribution is 2.21. The van der Waals surface area contributed by atoms with Gasteiger partial charge in [-0.15, -0.1) is 0 Å². The van der Waals surface area contributed by atoms with Crippen LogP contribution < -0.4 is 0 Å². The molecule has 0 bridgehead atoms. The summed E-state index contributed by atoms with van der Waals surface area (Å²) >= 11 is 0. The maximum Gasteiger partial charge on any atom is 0.214 e. The highest BCUT2D eigenvalue weighted by molar-refractivity contribution is 7.98. The van der Waals surface area contributed by atoms with Crippen molar-refractivity contribution in [3.05, 3.63) is 60.2 Å². The summed E-state index contributed by atoms with van der Waals surface area (Å²) < 4.78 is 5.40. The molecule has 114 valence electrons. The van der Waals surface area contributed by atoms with Crippen molar-refractivity contribution < 1.29 is 9.53 Å². The topological polar surface area (TPSA) is 26.3 Å². The molecule has 0 aromatic heterocycles. The van der Waals surface area contributed by atoms with Crippen molar-refractivity contribution in [2.24, 2.45) is 0 Å². The average molecular weight is 313 g/mol. The Morgan fingerprint density at radius 2 is 1.55 bits per heavy atom. The van der Waals surface area contributed by atoms with Gasteiger partial charge in [-0.05, 0) is 18.1 Å². The van der Waals surface area contributed by atoms with Gasteiger partial charge in [0.05, 0.1) is 13.2 Å². The van der Waals surface area contributed by atoms with Crippen LogP contribution in [0.4, 0.5) is 0 Å². The third-order valence-electron chi connectivity index (χ3n) is 4.13. The number of hydrogen-bond donors (Lipinski definition) is 0. The standard InChI is InChI=1S/C19H21O2S/c1-15(22-13-11-21-12-14-22)19(20)18-9-7-17(8-10-18)16-5-3-2-4-6-16/h2-10,15H,11-14H2,1H3/q+1. The van der Waals surface area contributed by atoms with Crippen LogP contribution in [-0.4, -0.2) is 35.8 Å². The van der Waals surface area contributed by atoms with Crippen molar-refractivity contribution in [2.45, 2.75) is 12.2 Å². The summed E-state index contributed by atoms with van der Waals surface area (Å²) in [4.78, 5) is 12.7. The molecule has 0 radical (unpaired) electrons. The molecule has 3 rings (SSSR count). The molecule has 0 N–H and O–H groups in total. The molecule has 0 aliphatic carbocycles. The SMILES string of the molecule is CC(C(=O)c1ccc(-c2ccccc2)cc1)[S+]1CCOCC1. The molecule has 22 heavy (non-hydrogen) atoms. The zero-order chi connectivity index (χ0) is 15.4. The molecule has 2 aromatic carbocycles. The zero-order valence-corrected chi connectivity index (χ0v) is 13.6. The molecular formula is C19H21O2S+. The Morgan fingerprint density at radius 3 is 2.18 bits per heavy atom. The van der Waals surface area contributed by atoms with Crippen molar-refractivity contribution in [1.29, 1.82) is 0 Å². The summed E-state index contributed by atoms with van der Waals surface area (Å²) in [5, 5.41) is 0.103. The number of hydrogen-bond acceptors (Lipinski definition) is 2. The molecule has 2 nitrogen and oxygen atoms in total. The van der Waals surface area contributed by atoms with E-state index in [1.54, 1.807) is 0 Å². The van der Waals surface area contributed by atoms with Gasteiger partial charge >= 0.3 is 0 Å². The fraction of sp³-hybridized carbons (Fsp3) is 0.316. The van der Waals surface area contributed by atoms with Gasteiger partial charge in [-0.2, -0.15) is 0 Å². The van der Waals surface area contributed by atoms with Crippen molar-refractivity contribution in [3.8, 4) is 11.1 Å². The van der Waals surface area contributed by atoms with E-state index in [0.717, 1.165) is 35.8 Å². The first-order chi connectivity index (χ1) is 10.8. The van der Waals surface area contributed by atoms with E-state index in [1.807, 2.05) is 42.5 Å². The maximum absolute atomic E-state index is 12.7. The Kier molecular flexibility index (Phi) is 4.96. The van der Waals surface area contributed by atoms with Crippen molar-refractivity contribution in [2.75, 3.05) is 24.7 Å². The molecule has 1 aliphatic heterocycles. The normalized spacial score (nSPS) is 17.1. The second kappa shape index (κ2) is 7.12. The van der Waals surface area contributed by atoms with Crippen LogP contribution in [0.15, 0.2) is 54.6 Å². The summed E-state index contributed by atoms with van der Waals surface area (Å²) in [6.45, 7) is 3.67. The molecule has 0 amide bonds. The smallest absolute Gasteiger partial charge is 0.214 e. The molecule has 1 heterocycles. The zero-order valence-electron chi connectivity index (χ0n) is 12.8. The average Bonchev–Trinajstić information content (AvgIpc) is 2.62. The van der Waals surface area contributed by atoms with Gasteiger partial charge in [0.15, 0.2) is 5.25 Å². The van der Waals surface area contributed by atoms with E-state index in [4.69, 9.17) is 4.74 Å². The monoisotopic (exact) mass is 313 g/mol. The van der Waals surface area contributed by atoms with Crippen LogP contribution in [0.25, 0.3) is 11.1 Å². The second-order valence-electron chi connectivity index (χ2n) is 5.51. The van der Waals surface area contributed by atoms with E-state index in [9.17, 15) is 4.79 Å². The van der Waals surface area contributed by atoms with Gasteiger partial charge in [0.1, 0.15) is 11.5 Å². The first-order valence-electron chi connectivity index (χ1n) is 7.69. The van der Waals surface area contributed by atoms with Crippen LogP contribution >= 0.6 is 0 Å². The highest BCUT2D eigenvalue weighted by atomic mass is 32.2. The van der Waals surface area contributed by atoms with E-state index >= 15 is 0 Å². The lowest BCUT2D eigenvalue weighted by Crippen LogP contribution is -2.38. The second-order valence-corrected chi connectivity index (χ2v) is 8.11. The predicted molar refractivity (Wildman–Crippen MR) is 93.6 cm³/mol.